The first-order valence-electron chi connectivity index (χ1n) is 22.7. The summed E-state index contributed by atoms with van der Waals surface area (Å²) in [6.07, 6.45) is 39.6. The number of ether oxygens (including phenoxy) is 3. The van der Waals surface area contributed by atoms with Gasteiger partial charge in [-0.2, -0.15) is 0 Å². The Balaban J connectivity index is 4.29. The van der Waals surface area contributed by atoms with Gasteiger partial charge in [-0.25, -0.2) is 4.79 Å². The molecule has 0 fully saturated rings. The average Bonchev–Trinajstić information content (AvgIpc) is 3.12. The number of quaternary nitrogens is 1. The summed E-state index contributed by atoms with van der Waals surface area (Å²) in [7, 11) is 5.53. The Labute approximate surface area is 333 Å². The summed E-state index contributed by atoms with van der Waals surface area (Å²) in [6.45, 7) is 4.75. The van der Waals surface area contributed by atoms with Gasteiger partial charge in [0.1, 0.15) is 6.61 Å². The summed E-state index contributed by atoms with van der Waals surface area (Å²) in [5, 5.41) is 9.61. The Bertz CT molecular complexity index is 900. The Kier molecular flexibility index (Phi) is 36.6. The maximum atomic E-state index is 12.7. The standard InChI is InChI=1S/C46H87NO7/c1-6-8-10-12-14-16-18-20-21-22-23-24-25-27-29-31-33-35-37-45(49)54-42(40-52-39-38-43(46(50)51)47(3,4)5)41-53-44(48)36-34-32-30-28-26-19-17-15-13-11-9-7-2/h21-22,42-43H,6-20,23-41H2,1-5H3/p+1/b22-21-. The SMILES string of the molecule is CCCCCCCCC/C=C\CCCCCCCCCC(=O)OC(COCCC(C(=O)O)[N+](C)(C)C)COC(=O)CCCCCCCCCCCCCC. The van der Waals surface area contributed by atoms with Crippen molar-refractivity contribution in [2.24, 2.45) is 0 Å². The summed E-state index contributed by atoms with van der Waals surface area (Å²) in [5.41, 5.74) is 0. The number of nitrogens with zero attached hydrogens (tertiary/aromatic N) is 1. The number of carbonyl (C=O) groups excluding carboxylic acids is 2. The zero-order chi connectivity index (χ0) is 40.0. The molecule has 0 aliphatic heterocycles. The van der Waals surface area contributed by atoms with E-state index in [0.29, 0.717) is 19.3 Å². The number of carboxylic acids is 1. The smallest absolute Gasteiger partial charge is 0.362 e. The highest BCUT2D eigenvalue weighted by Gasteiger charge is 2.31. The number of aliphatic carboxylic acids is 1. The predicted molar refractivity (Wildman–Crippen MR) is 225 cm³/mol. The molecule has 8 nitrogen and oxygen atoms in total. The predicted octanol–water partition coefficient (Wildman–Crippen LogP) is 12.3. The fraction of sp³-hybridized carbons (Fsp3) is 0.891. The third-order valence-electron chi connectivity index (χ3n) is 10.4. The number of esters is 2. The molecule has 0 heterocycles. The van der Waals surface area contributed by atoms with Crippen molar-refractivity contribution in [3.8, 4) is 0 Å². The molecule has 0 aliphatic rings. The van der Waals surface area contributed by atoms with Crippen LogP contribution in [0.3, 0.4) is 0 Å². The summed E-state index contributed by atoms with van der Waals surface area (Å²) in [6, 6.07) is -0.610. The first kappa shape index (κ1) is 52.1. The molecule has 0 saturated heterocycles. The molecule has 0 bridgehead atoms. The van der Waals surface area contributed by atoms with E-state index in [4.69, 9.17) is 14.2 Å². The number of unbranched alkanes of at least 4 members (excludes halogenated alkanes) is 25. The highest BCUT2D eigenvalue weighted by Crippen LogP contribution is 2.15. The Morgan fingerprint density at radius 2 is 0.926 bits per heavy atom. The van der Waals surface area contributed by atoms with Crippen LogP contribution in [-0.4, -0.2) is 80.6 Å². The van der Waals surface area contributed by atoms with Gasteiger partial charge in [0.2, 0.25) is 0 Å². The van der Waals surface area contributed by atoms with Crippen LogP contribution in [0.4, 0.5) is 0 Å². The first-order valence-corrected chi connectivity index (χ1v) is 22.7. The summed E-state index contributed by atoms with van der Waals surface area (Å²) >= 11 is 0. The van der Waals surface area contributed by atoms with E-state index < -0.39 is 18.1 Å². The van der Waals surface area contributed by atoms with Crippen LogP contribution in [-0.2, 0) is 28.6 Å². The van der Waals surface area contributed by atoms with Crippen molar-refractivity contribution in [3.05, 3.63) is 12.2 Å². The molecule has 0 radical (unpaired) electrons. The van der Waals surface area contributed by atoms with Crippen LogP contribution in [0.25, 0.3) is 0 Å². The van der Waals surface area contributed by atoms with Crippen LogP contribution in [0.1, 0.15) is 213 Å². The Morgan fingerprint density at radius 3 is 1.33 bits per heavy atom. The van der Waals surface area contributed by atoms with Crippen molar-refractivity contribution in [2.45, 2.75) is 225 Å². The highest BCUT2D eigenvalue weighted by molar-refractivity contribution is 5.72. The molecule has 0 amide bonds. The van der Waals surface area contributed by atoms with Gasteiger partial charge in [-0.1, -0.05) is 167 Å². The second kappa shape index (κ2) is 38.0. The topological polar surface area (TPSA) is 99.1 Å². The molecule has 0 rings (SSSR count). The lowest BCUT2D eigenvalue weighted by molar-refractivity contribution is -0.887. The number of likely N-dealkylation sites (N-methyl/N-ethyl adjacent to an activating group) is 1. The van der Waals surface area contributed by atoms with Crippen LogP contribution in [0.15, 0.2) is 12.2 Å². The molecule has 8 heteroatoms. The maximum absolute atomic E-state index is 12.7. The molecule has 2 unspecified atom stereocenters. The van der Waals surface area contributed by atoms with Gasteiger partial charge in [-0.3, -0.25) is 9.59 Å². The van der Waals surface area contributed by atoms with Crippen molar-refractivity contribution in [1.29, 1.82) is 0 Å². The van der Waals surface area contributed by atoms with E-state index in [1.807, 2.05) is 21.1 Å². The third kappa shape index (κ3) is 35.8. The van der Waals surface area contributed by atoms with Gasteiger partial charge in [0.15, 0.2) is 12.1 Å². The first-order chi connectivity index (χ1) is 26.1. The largest absolute Gasteiger partial charge is 0.477 e. The van der Waals surface area contributed by atoms with Gasteiger partial charge in [-0.05, 0) is 38.5 Å². The molecular weight excluding hydrogens is 679 g/mol. The number of hydrogen-bond acceptors (Lipinski definition) is 6. The van der Waals surface area contributed by atoms with Crippen molar-refractivity contribution in [1.82, 2.24) is 0 Å². The van der Waals surface area contributed by atoms with Crippen LogP contribution < -0.4 is 0 Å². The van der Waals surface area contributed by atoms with Gasteiger partial charge in [0.25, 0.3) is 0 Å². The number of allylic oxidation sites excluding steroid dienone is 2. The third-order valence-corrected chi connectivity index (χ3v) is 10.4. The van der Waals surface area contributed by atoms with Crippen molar-refractivity contribution < 1.29 is 38.2 Å². The molecular formula is C46H88NO7+. The highest BCUT2D eigenvalue weighted by atomic mass is 16.6. The van der Waals surface area contributed by atoms with Gasteiger partial charge < -0.3 is 23.8 Å². The molecule has 54 heavy (non-hydrogen) atoms. The van der Waals surface area contributed by atoms with E-state index in [-0.39, 0.29) is 36.2 Å². The summed E-state index contributed by atoms with van der Waals surface area (Å²) in [4.78, 5) is 36.9. The lowest BCUT2D eigenvalue weighted by atomic mass is 10.0. The average molecular weight is 767 g/mol. The normalized spacial score (nSPS) is 13.0. The van der Waals surface area contributed by atoms with E-state index in [9.17, 15) is 19.5 Å². The van der Waals surface area contributed by atoms with E-state index >= 15 is 0 Å². The number of hydrogen-bond donors (Lipinski definition) is 1. The minimum atomic E-state index is -0.873. The molecule has 318 valence electrons. The zero-order valence-corrected chi connectivity index (χ0v) is 36.2. The van der Waals surface area contributed by atoms with E-state index in [2.05, 4.69) is 26.0 Å². The van der Waals surface area contributed by atoms with Crippen LogP contribution in [0.2, 0.25) is 0 Å². The van der Waals surface area contributed by atoms with Crippen LogP contribution in [0.5, 0.6) is 0 Å². The van der Waals surface area contributed by atoms with E-state index in [1.54, 1.807) is 0 Å². The number of carboxylic acid groups (broad SMARTS) is 1. The second-order valence-electron chi connectivity index (χ2n) is 16.7. The van der Waals surface area contributed by atoms with Gasteiger partial charge in [-0.15, -0.1) is 0 Å². The molecule has 0 aromatic rings. The fourth-order valence-corrected chi connectivity index (χ4v) is 6.85. The van der Waals surface area contributed by atoms with Crippen molar-refractivity contribution in [3.63, 3.8) is 0 Å². The minimum absolute atomic E-state index is 0.0468. The quantitative estimate of drug-likeness (QED) is 0.0286. The molecule has 0 aliphatic carbocycles. The van der Waals surface area contributed by atoms with E-state index in [0.717, 1.165) is 38.5 Å². The van der Waals surface area contributed by atoms with Crippen molar-refractivity contribution >= 4 is 17.9 Å². The number of rotatable bonds is 41. The van der Waals surface area contributed by atoms with Crippen LogP contribution >= 0.6 is 0 Å². The molecule has 0 aromatic heterocycles. The van der Waals surface area contributed by atoms with Gasteiger partial charge in [0.05, 0.1) is 34.4 Å². The fourth-order valence-electron chi connectivity index (χ4n) is 6.85. The van der Waals surface area contributed by atoms with Crippen molar-refractivity contribution in [2.75, 3.05) is 41.0 Å². The molecule has 2 atom stereocenters. The second-order valence-corrected chi connectivity index (χ2v) is 16.7. The molecule has 0 saturated carbocycles. The zero-order valence-electron chi connectivity index (χ0n) is 36.2. The van der Waals surface area contributed by atoms with Crippen LogP contribution in [0, 0.1) is 0 Å². The monoisotopic (exact) mass is 767 g/mol. The lowest BCUT2D eigenvalue weighted by Gasteiger charge is -2.31. The number of carbonyl (C=O) groups is 3. The Hall–Kier alpha value is -1.93. The Morgan fingerprint density at radius 1 is 0.537 bits per heavy atom. The van der Waals surface area contributed by atoms with Gasteiger partial charge >= 0.3 is 17.9 Å². The lowest BCUT2D eigenvalue weighted by Crippen LogP contribution is -2.50. The summed E-state index contributed by atoms with van der Waals surface area (Å²) in [5.74, 6) is -1.46. The minimum Gasteiger partial charge on any atom is -0.477 e. The summed E-state index contributed by atoms with van der Waals surface area (Å²) < 4.78 is 17.3. The maximum Gasteiger partial charge on any atom is 0.362 e. The molecule has 0 spiro atoms. The molecule has 0 aromatic carbocycles. The molecule has 1 N–H and O–H groups in total. The van der Waals surface area contributed by atoms with Gasteiger partial charge in [0, 0.05) is 19.3 Å². The van der Waals surface area contributed by atoms with E-state index in [1.165, 1.54) is 141 Å².